The second kappa shape index (κ2) is 6.46. The van der Waals surface area contributed by atoms with Gasteiger partial charge in [0.2, 0.25) is 0 Å². The van der Waals surface area contributed by atoms with Gasteiger partial charge in [-0.3, -0.25) is 9.59 Å². The van der Waals surface area contributed by atoms with Crippen molar-refractivity contribution in [3.8, 4) is 5.75 Å². The molecule has 1 amide bonds. The third kappa shape index (κ3) is 3.64. The molecule has 0 aliphatic heterocycles. The van der Waals surface area contributed by atoms with Gasteiger partial charge in [0.1, 0.15) is 12.3 Å². The minimum atomic E-state index is -0.457. The van der Waals surface area contributed by atoms with Crippen molar-refractivity contribution in [2.45, 2.75) is 0 Å². The molecule has 2 aromatic rings. The van der Waals surface area contributed by atoms with Crippen LogP contribution in [0.3, 0.4) is 0 Å². The Hall–Kier alpha value is -2.70. The third-order valence-electron chi connectivity index (χ3n) is 2.39. The lowest BCUT2D eigenvalue weighted by Crippen LogP contribution is -2.29. The number of hydrogen-bond acceptors (Lipinski definition) is 4. The molecule has 1 aromatic carbocycles. The highest BCUT2D eigenvalue weighted by atomic mass is 19.1. The molecule has 1 heterocycles. The number of carbonyl (C=O) groups is 1. The number of nitrogens with zero attached hydrogens (tertiary/aromatic N) is 1. The Kier molecular flexibility index (Phi) is 4.43. The molecule has 0 saturated carbocycles. The predicted octanol–water partition coefficient (Wildman–Crippen LogP) is 0.718. The highest BCUT2D eigenvalue weighted by Gasteiger charge is 2.06. The van der Waals surface area contributed by atoms with Gasteiger partial charge in [-0.1, -0.05) is 12.1 Å². The summed E-state index contributed by atoms with van der Waals surface area (Å²) >= 11 is 0. The zero-order chi connectivity index (χ0) is 14.4. The quantitative estimate of drug-likeness (QED) is 0.789. The minimum absolute atomic E-state index is 0.0930. The molecular formula is C13H12FN3O3. The van der Waals surface area contributed by atoms with Gasteiger partial charge in [-0.25, -0.2) is 9.49 Å². The van der Waals surface area contributed by atoms with Crippen LogP contribution < -0.4 is 15.6 Å². The molecule has 2 rings (SSSR count). The highest BCUT2D eigenvalue weighted by Crippen LogP contribution is 2.14. The van der Waals surface area contributed by atoms with Gasteiger partial charge < -0.3 is 10.1 Å². The SMILES string of the molecule is O=C(NCCOc1ccccc1F)c1ccc(=O)[nH]n1. The maximum absolute atomic E-state index is 13.2. The number of amides is 1. The summed E-state index contributed by atoms with van der Waals surface area (Å²) in [5, 5.41) is 8.27. The van der Waals surface area contributed by atoms with E-state index in [0.717, 1.165) is 0 Å². The van der Waals surface area contributed by atoms with E-state index < -0.39 is 11.7 Å². The molecule has 20 heavy (non-hydrogen) atoms. The smallest absolute Gasteiger partial charge is 0.271 e. The summed E-state index contributed by atoms with van der Waals surface area (Å²) in [4.78, 5) is 22.4. The van der Waals surface area contributed by atoms with E-state index in [0.29, 0.717) is 0 Å². The maximum atomic E-state index is 13.2. The van der Waals surface area contributed by atoms with E-state index in [1.54, 1.807) is 12.1 Å². The van der Waals surface area contributed by atoms with Crippen molar-refractivity contribution in [1.82, 2.24) is 15.5 Å². The van der Waals surface area contributed by atoms with Crippen LogP contribution >= 0.6 is 0 Å². The van der Waals surface area contributed by atoms with Crippen molar-refractivity contribution in [2.24, 2.45) is 0 Å². The van der Waals surface area contributed by atoms with Crippen LogP contribution in [0.1, 0.15) is 10.5 Å². The van der Waals surface area contributed by atoms with Crippen molar-refractivity contribution < 1.29 is 13.9 Å². The lowest BCUT2D eigenvalue weighted by atomic mass is 10.3. The fourth-order valence-corrected chi connectivity index (χ4v) is 1.45. The average molecular weight is 277 g/mol. The molecule has 0 spiro atoms. The van der Waals surface area contributed by atoms with Crippen molar-refractivity contribution >= 4 is 5.91 Å². The molecule has 0 radical (unpaired) electrons. The number of ether oxygens (including phenoxy) is 1. The molecular weight excluding hydrogens is 265 g/mol. The second-order valence-corrected chi connectivity index (χ2v) is 3.84. The molecule has 0 fully saturated rings. The number of benzene rings is 1. The van der Waals surface area contributed by atoms with Gasteiger partial charge in [-0.2, -0.15) is 5.10 Å². The van der Waals surface area contributed by atoms with Gasteiger partial charge in [0.25, 0.3) is 11.5 Å². The Morgan fingerprint density at radius 1 is 1.30 bits per heavy atom. The molecule has 104 valence electrons. The lowest BCUT2D eigenvalue weighted by molar-refractivity contribution is 0.0940. The van der Waals surface area contributed by atoms with Crippen LogP contribution in [-0.4, -0.2) is 29.3 Å². The number of rotatable bonds is 5. The summed E-state index contributed by atoms with van der Waals surface area (Å²) in [6.07, 6.45) is 0. The lowest BCUT2D eigenvalue weighted by Gasteiger charge is -2.07. The third-order valence-corrected chi connectivity index (χ3v) is 2.39. The van der Waals surface area contributed by atoms with Gasteiger partial charge in [0.15, 0.2) is 11.6 Å². The van der Waals surface area contributed by atoms with Crippen molar-refractivity contribution in [1.29, 1.82) is 0 Å². The van der Waals surface area contributed by atoms with Crippen molar-refractivity contribution in [3.63, 3.8) is 0 Å². The Morgan fingerprint density at radius 2 is 2.10 bits per heavy atom. The van der Waals surface area contributed by atoms with Gasteiger partial charge in [-0.05, 0) is 18.2 Å². The molecule has 0 saturated heterocycles. The molecule has 0 atom stereocenters. The summed E-state index contributed by atoms with van der Waals surface area (Å²) in [6, 6.07) is 8.52. The number of hydrogen-bond donors (Lipinski definition) is 2. The van der Waals surface area contributed by atoms with E-state index in [1.165, 1.54) is 24.3 Å². The Labute approximate surface area is 113 Å². The van der Waals surface area contributed by atoms with Crippen LogP contribution in [0.15, 0.2) is 41.2 Å². The molecule has 0 bridgehead atoms. The number of H-pyrrole nitrogens is 1. The largest absolute Gasteiger partial charge is 0.489 e. The van der Waals surface area contributed by atoms with Gasteiger partial charge >= 0.3 is 0 Å². The second-order valence-electron chi connectivity index (χ2n) is 3.84. The number of carbonyl (C=O) groups excluding carboxylic acids is 1. The van der Waals surface area contributed by atoms with E-state index in [4.69, 9.17) is 4.74 Å². The first-order valence-corrected chi connectivity index (χ1v) is 5.88. The zero-order valence-electron chi connectivity index (χ0n) is 10.4. The summed E-state index contributed by atoms with van der Waals surface area (Å²) < 4.78 is 18.4. The van der Waals surface area contributed by atoms with Crippen LogP contribution in [0.2, 0.25) is 0 Å². The van der Waals surface area contributed by atoms with Gasteiger partial charge in [-0.15, -0.1) is 0 Å². The molecule has 0 aliphatic rings. The van der Waals surface area contributed by atoms with Crippen molar-refractivity contribution in [3.05, 3.63) is 58.3 Å². The standard InChI is InChI=1S/C13H12FN3O3/c14-9-3-1-2-4-11(9)20-8-7-15-13(19)10-5-6-12(18)17-16-10/h1-6H,7-8H2,(H,15,19)(H,17,18). The normalized spacial score (nSPS) is 10.1. The van der Waals surface area contributed by atoms with Crippen LogP contribution in [0.4, 0.5) is 4.39 Å². The molecule has 1 aromatic heterocycles. The Morgan fingerprint density at radius 3 is 2.80 bits per heavy atom. The molecule has 2 N–H and O–H groups in total. The van der Waals surface area contributed by atoms with Crippen LogP contribution in [0.25, 0.3) is 0 Å². The number of aromatic nitrogens is 2. The maximum Gasteiger partial charge on any atom is 0.271 e. The van der Waals surface area contributed by atoms with E-state index in [2.05, 4.69) is 15.5 Å². The highest BCUT2D eigenvalue weighted by molar-refractivity contribution is 5.91. The Balaban J connectivity index is 1.79. The zero-order valence-corrected chi connectivity index (χ0v) is 10.4. The predicted molar refractivity (Wildman–Crippen MR) is 69.1 cm³/mol. The van der Waals surface area contributed by atoms with E-state index >= 15 is 0 Å². The average Bonchev–Trinajstić information content (AvgIpc) is 2.46. The van der Waals surface area contributed by atoms with Gasteiger partial charge in [0, 0.05) is 6.07 Å². The number of nitrogens with one attached hydrogen (secondary N) is 2. The molecule has 0 aliphatic carbocycles. The van der Waals surface area contributed by atoms with Gasteiger partial charge in [0.05, 0.1) is 6.54 Å². The van der Waals surface area contributed by atoms with Crippen LogP contribution in [-0.2, 0) is 0 Å². The molecule has 7 heteroatoms. The van der Waals surface area contributed by atoms with Crippen molar-refractivity contribution in [2.75, 3.05) is 13.2 Å². The molecule has 0 unspecified atom stereocenters. The van der Waals surface area contributed by atoms with E-state index in [9.17, 15) is 14.0 Å². The Bertz CT molecular complexity index is 637. The van der Waals surface area contributed by atoms with Crippen LogP contribution in [0.5, 0.6) is 5.75 Å². The van der Waals surface area contributed by atoms with E-state index in [1.807, 2.05) is 0 Å². The fraction of sp³-hybridized carbons (Fsp3) is 0.154. The first kappa shape index (κ1) is 13.7. The summed E-state index contributed by atoms with van der Waals surface area (Å²) in [7, 11) is 0. The number of halogens is 1. The number of aromatic amines is 1. The van der Waals surface area contributed by atoms with Crippen LogP contribution in [0, 0.1) is 5.82 Å². The fourth-order valence-electron chi connectivity index (χ4n) is 1.45. The first-order chi connectivity index (χ1) is 9.66. The minimum Gasteiger partial charge on any atom is -0.489 e. The first-order valence-electron chi connectivity index (χ1n) is 5.88. The topological polar surface area (TPSA) is 84.1 Å². The number of para-hydroxylation sites is 1. The summed E-state index contributed by atoms with van der Waals surface area (Å²) in [5.41, 5.74) is -0.292. The molecule has 6 nitrogen and oxygen atoms in total. The van der Waals surface area contributed by atoms with E-state index in [-0.39, 0.29) is 30.2 Å². The monoisotopic (exact) mass is 277 g/mol. The summed E-state index contributed by atoms with van der Waals surface area (Å²) in [6.45, 7) is 0.310. The summed E-state index contributed by atoms with van der Waals surface area (Å²) in [5.74, 6) is -0.775.